The number of fused-ring (bicyclic) bond motifs is 2. The number of hydrogen-bond donors (Lipinski definition) is 1. The van der Waals surface area contributed by atoms with Crippen molar-refractivity contribution in [2.24, 2.45) is 7.05 Å². The van der Waals surface area contributed by atoms with Crippen LogP contribution in [0.5, 0.6) is 0 Å². The fraction of sp³-hybridized carbons (Fsp3) is 0.308. The molecule has 0 fully saturated rings. The highest BCUT2D eigenvalue weighted by atomic mass is 16.1. The maximum atomic E-state index is 13.0. The van der Waals surface area contributed by atoms with Gasteiger partial charge in [0, 0.05) is 54.1 Å². The van der Waals surface area contributed by atoms with Crippen LogP contribution < -0.4 is 5.32 Å². The fourth-order valence-corrected chi connectivity index (χ4v) is 4.30. The van der Waals surface area contributed by atoms with Crippen molar-refractivity contribution in [1.29, 1.82) is 0 Å². The summed E-state index contributed by atoms with van der Waals surface area (Å²) in [5, 5.41) is 5.50. The maximum absolute atomic E-state index is 13.0. The Morgan fingerprint density at radius 1 is 1.07 bits per heavy atom. The van der Waals surface area contributed by atoms with Crippen LogP contribution in [-0.4, -0.2) is 21.5 Å². The van der Waals surface area contributed by atoms with E-state index in [1.165, 1.54) is 16.5 Å². The first-order valence-electron chi connectivity index (χ1n) is 10.8. The van der Waals surface area contributed by atoms with Gasteiger partial charge in [0.25, 0.3) is 0 Å². The molecule has 1 N–H and O–H groups in total. The molecule has 0 bridgehead atoms. The molecule has 0 saturated carbocycles. The number of carbonyl (C=O) groups is 1. The van der Waals surface area contributed by atoms with Crippen molar-refractivity contribution in [3.05, 3.63) is 78.1 Å². The predicted molar refractivity (Wildman–Crippen MR) is 124 cm³/mol. The van der Waals surface area contributed by atoms with Gasteiger partial charge in [-0.2, -0.15) is 0 Å². The number of carbonyl (C=O) groups excluding carboxylic acids is 1. The molecule has 4 heteroatoms. The van der Waals surface area contributed by atoms with Crippen LogP contribution in [0.25, 0.3) is 21.8 Å². The van der Waals surface area contributed by atoms with Crippen LogP contribution >= 0.6 is 0 Å². The average molecular weight is 400 g/mol. The largest absolute Gasteiger partial charge is 0.353 e. The third-order valence-electron chi connectivity index (χ3n) is 6.06. The van der Waals surface area contributed by atoms with Gasteiger partial charge in [0.15, 0.2) is 0 Å². The summed E-state index contributed by atoms with van der Waals surface area (Å²) in [7, 11) is 2.06. The second-order valence-electron chi connectivity index (χ2n) is 8.01. The number of hydrogen-bond acceptors (Lipinski definition) is 2. The number of benzene rings is 2. The number of nitrogens with one attached hydrogen (secondary N) is 1. The second kappa shape index (κ2) is 8.70. The first-order valence-corrected chi connectivity index (χ1v) is 10.8. The van der Waals surface area contributed by atoms with Gasteiger partial charge in [0.1, 0.15) is 0 Å². The molecule has 1 atom stereocenters. The monoisotopic (exact) mass is 399 g/mol. The van der Waals surface area contributed by atoms with Crippen LogP contribution in [0.4, 0.5) is 0 Å². The van der Waals surface area contributed by atoms with Gasteiger partial charge in [0.2, 0.25) is 5.91 Å². The number of para-hydroxylation sites is 2. The third kappa shape index (κ3) is 3.95. The average Bonchev–Trinajstić information content (AvgIpc) is 3.12. The molecule has 154 valence electrons. The number of aromatic nitrogens is 2. The molecule has 4 rings (SSSR count). The van der Waals surface area contributed by atoms with Crippen molar-refractivity contribution in [2.75, 3.05) is 0 Å². The van der Waals surface area contributed by atoms with Gasteiger partial charge in [-0.25, -0.2) is 0 Å². The molecule has 0 aliphatic heterocycles. The van der Waals surface area contributed by atoms with Gasteiger partial charge >= 0.3 is 0 Å². The van der Waals surface area contributed by atoms with E-state index in [9.17, 15) is 4.79 Å². The second-order valence-corrected chi connectivity index (χ2v) is 8.01. The number of pyridine rings is 1. The lowest BCUT2D eigenvalue weighted by Crippen LogP contribution is -2.34. The Bertz CT molecular complexity index is 1170. The topological polar surface area (TPSA) is 46.9 Å². The van der Waals surface area contributed by atoms with Gasteiger partial charge in [0.05, 0.1) is 5.52 Å². The Balaban J connectivity index is 1.78. The van der Waals surface area contributed by atoms with Gasteiger partial charge < -0.3 is 9.88 Å². The Morgan fingerprint density at radius 3 is 2.60 bits per heavy atom. The van der Waals surface area contributed by atoms with Crippen LogP contribution in [0.2, 0.25) is 0 Å². The Labute approximate surface area is 177 Å². The highest BCUT2D eigenvalue weighted by Gasteiger charge is 2.23. The minimum Gasteiger partial charge on any atom is -0.353 e. The van der Waals surface area contributed by atoms with Crippen LogP contribution in [0.15, 0.2) is 67.0 Å². The fourth-order valence-electron chi connectivity index (χ4n) is 4.30. The number of amides is 1. The molecule has 0 radical (unpaired) electrons. The first kappa shape index (κ1) is 20.1. The summed E-state index contributed by atoms with van der Waals surface area (Å²) in [5.74, 6) is 0.0392. The summed E-state index contributed by atoms with van der Waals surface area (Å²) >= 11 is 0. The molecule has 0 spiro atoms. The number of rotatable bonds is 7. The minimum absolute atomic E-state index is 0.0532. The van der Waals surface area contributed by atoms with E-state index in [2.05, 4.69) is 78.4 Å². The molecule has 0 aliphatic carbocycles. The minimum atomic E-state index is -0.0532. The molecule has 4 aromatic rings. The molecule has 1 amide bonds. The zero-order valence-corrected chi connectivity index (χ0v) is 17.9. The lowest BCUT2D eigenvalue weighted by molar-refractivity contribution is -0.122. The van der Waals surface area contributed by atoms with Crippen molar-refractivity contribution in [3.63, 3.8) is 0 Å². The van der Waals surface area contributed by atoms with Crippen LogP contribution in [0.1, 0.15) is 50.2 Å². The van der Waals surface area contributed by atoms with Crippen LogP contribution in [-0.2, 0) is 11.8 Å². The third-order valence-corrected chi connectivity index (χ3v) is 6.06. The first-order chi connectivity index (χ1) is 14.6. The molecule has 0 saturated heterocycles. The molecule has 2 heterocycles. The van der Waals surface area contributed by atoms with E-state index in [0.717, 1.165) is 29.3 Å². The summed E-state index contributed by atoms with van der Waals surface area (Å²) in [4.78, 5) is 17.7. The summed E-state index contributed by atoms with van der Waals surface area (Å²) in [6.07, 6.45) is 6.38. The SMILES string of the molecule is CCC(CC)NC(=O)CC(c1cnc2ccccc2c1)c1cn(C)c2ccccc12. The number of aryl methyl sites for hydroxylation is 1. The normalized spacial score (nSPS) is 12.5. The predicted octanol–water partition coefficient (Wildman–Crippen LogP) is 5.55. The molecule has 2 aromatic carbocycles. The van der Waals surface area contributed by atoms with E-state index < -0.39 is 0 Å². The summed E-state index contributed by atoms with van der Waals surface area (Å²) < 4.78 is 2.14. The van der Waals surface area contributed by atoms with Crippen molar-refractivity contribution >= 4 is 27.7 Å². The van der Waals surface area contributed by atoms with Crippen molar-refractivity contribution in [1.82, 2.24) is 14.9 Å². The highest BCUT2D eigenvalue weighted by molar-refractivity contribution is 5.87. The Hall–Kier alpha value is -3.14. The molecule has 30 heavy (non-hydrogen) atoms. The van der Waals surface area contributed by atoms with Gasteiger partial charge in [-0.1, -0.05) is 50.2 Å². The molecule has 1 unspecified atom stereocenters. The lowest BCUT2D eigenvalue weighted by Gasteiger charge is -2.20. The zero-order valence-electron chi connectivity index (χ0n) is 17.9. The standard InChI is InChI=1S/C26H29N3O/c1-4-20(5-2)28-26(30)15-22(19-14-18-10-6-8-12-24(18)27-16-19)23-17-29(3)25-13-9-7-11-21(23)25/h6-14,16-17,20,22H,4-5,15H2,1-3H3,(H,28,30). The van der Waals surface area contributed by atoms with Gasteiger partial charge in [-0.3, -0.25) is 9.78 Å². The molecule has 4 nitrogen and oxygen atoms in total. The van der Waals surface area contributed by atoms with Gasteiger partial charge in [-0.05, 0) is 42.2 Å². The Morgan fingerprint density at radius 2 is 1.80 bits per heavy atom. The zero-order chi connectivity index (χ0) is 21.1. The quantitative estimate of drug-likeness (QED) is 0.443. The molecular formula is C26H29N3O. The van der Waals surface area contributed by atoms with E-state index in [4.69, 9.17) is 0 Å². The summed E-state index contributed by atoms with van der Waals surface area (Å²) in [6, 6.07) is 18.9. The summed E-state index contributed by atoms with van der Waals surface area (Å²) in [5.41, 5.74) is 4.39. The van der Waals surface area contributed by atoms with E-state index in [-0.39, 0.29) is 17.9 Å². The molecular weight excluding hydrogens is 370 g/mol. The van der Waals surface area contributed by atoms with Crippen molar-refractivity contribution < 1.29 is 4.79 Å². The lowest BCUT2D eigenvalue weighted by atomic mass is 9.88. The van der Waals surface area contributed by atoms with E-state index >= 15 is 0 Å². The van der Waals surface area contributed by atoms with E-state index in [1.54, 1.807) is 0 Å². The molecule has 2 aromatic heterocycles. The van der Waals surface area contributed by atoms with Crippen molar-refractivity contribution in [2.45, 2.75) is 45.1 Å². The Kier molecular flexibility index (Phi) is 5.84. The highest BCUT2D eigenvalue weighted by Crippen LogP contribution is 2.35. The smallest absolute Gasteiger partial charge is 0.221 e. The van der Waals surface area contributed by atoms with E-state index in [0.29, 0.717) is 6.42 Å². The maximum Gasteiger partial charge on any atom is 0.221 e. The van der Waals surface area contributed by atoms with Gasteiger partial charge in [-0.15, -0.1) is 0 Å². The summed E-state index contributed by atoms with van der Waals surface area (Å²) in [6.45, 7) is 4.23. The van der Waals surface area contributed by atoms with Crippen LogP contribution in [0, 0.1) is 0 Å². The van der Waals surface area contributed by atoms with E-state index in [1.807, 2.05) is 24.4 Å². The molecule has 0 aliphatic rings. The van der Waals surface area contributed by atoms with Crippen molar-refractivity contribution in [3.8, 4) is 0 Å². The number of nitrogens with zero attached hydrogens (tertiary/aromatic N) is 2. The van der Waals surface area contributed by atoms with Crippen LogP contribution in [0.3, 0.4) is 0 Å².